The summed E-state index contributed by atoms with van der Waals surface area (Å²) in [5.41, 5.74) is 0.430. The van der Waals surface area contributed by atoms with E-state index >= 15 is 0 Å². The quantitative estimate of drug-likeness (QED) is 0.707. The molecule has 0 aliphatic rings. The molecule has 0 saturated heterocycles. The zero-order valence-electron chi connectivity index (χ0n) is 13.7. The molecular formula is C18H14FN3O4. The molecule has 26 heavy (non-hydrogen) atoms. The Kier molecular flexibility index (Phi) is 5.02. The van der Waals surface area contributed by atoms with Crippen molar-refractivity contribution in [1.82, 2.24) is 15.5 Å². The van der Waals surface area contributed by atoms with Gasteiger partial charge in [0.05, 0.1) is 12.7 Å². The van der Waals surface area contributed by atoms with Gasteiger partial charge in [-0.15, -0.1) is 10.2 Å². The van der Waals surface area contributed by atoms with Gasteiger partial charge in [0.1, 0.15) is 5.82 Å². The van der Waals surface area contributed by atoms with E-state index in [-0.39, 0.29) is 17.3 Å². The summed E-state index contributed by atoms with van der Waals surface area (Å²) < 4.78 is 23.9. The van der Waals surface area contributed by atoms with Gasteiger partial charge >= 0.3 is 5.97 Å². The van der Waals surface area contributed by atoms with Crippen LogP contribution in [0.4, 0.5) is 4.39 Å². The van der Waals surface area contributed by atoms with Crippen LogP contribution in [0, 0.1) is 5.82 Å². The second kappa shape index (κ2) is 7.56. The monoisotopic (exact) mass is 355 g/mol. The maximum Gasteiger partial charge on any atom is 0.338 e. The third-order valence-corrected chi connectivity index (χ3v) is 3.54. The third-order valence-electron chi connectivity index (χ3n) is 3.54. The van der Waals surface area contributed by atoms with E-state index in [2.05, 4.69) is 20.3 Å². The Bertz CT molecular complexity index is 927. The summed E-state index contributed by atoms with van der Waals surface area (Å²) in [6.45, 7) is 0. The van der Waals surface area contributed by atoms with Crippen molar-refractivity contribution in [2.45, 2.75) is 6.04 Å². The predicted octanol–water partition coefficient (Wildman–Crippen LogP) is 2.52. The van der Waals surface area contributed by atoms with Gasteiger partial charge in [0.2, 0.25) is 6.04 Å². The second-order valence-electron chi connectivity index (χ2n) is 5.22. The van der Waals surface area contributed by atoms with Gasteiger partial charge in [-0.2, -0.15) is 0 Å². The van der Waals surface area contributed by atoms with Crippen molar-refractivity contribution in [3.05, 3.63) is 71.9 Å². The first-order valence-electron chi connectivity index (χ1n) is 7.62. The van der Waals surface area contributed by atoms with E-state index in [1.54, 1.807) is 36.4 Å². The summed E-state index contributed by atoms with van der Waals surface area (Å²) in [7, 11) is 1.16. The number of rotatable bonds is 5. The topological polar surface area (TPSA) is 94.3 Å². The molecule has 0 aliphatic carbocycles. The van der Waals surface area contributed by atoms with Crippen molar-refractivity contribution >= 4 is 11.9 Å². The summed E-state index contributed by atoms with van der Waals surface area (Å²) >= 11 is 0. The van der Waals surface area contributed by atoms with E-state index in [0.717, 1.165) is 7.11 Å². The molecule has 8 heteroatoms. The number of benzene rings is 2. The molecule has 7 nitrogen and oxygen atoms in total. The second-order valence-corrected chi connectivity index (χ2v) is 5.22. The number of halogens is 1. The van der Waals surface area contributed by atoms with Crippen LogP contribution in [-0.4, -0.2) is 29.2 Å². The Labute approximate surface area is 147 Å². The maximum atomic E-state index is 13.9. The average molecular weight is 355 g/mol. The summed E-state index contributed by atoms with van der Waals surface area (Å²) in [5.74, 6) is -2.18. The summed E-state index contributed by atoms with van der Waals surface area (Å²) in [6, 6.07) is 12.8. The van der Waals surface area contributed by atoms with Crippen LogP contribution in [0.15, 0.2) is 59.0 Å². The highest BCUT2D eigenvalue weighted by Crippen LogP contribution is 2.24. The first-order chi connectivity index (χ1) is 12.6. The lowest BCUT2D eigenvalue weighted by Gasteiger charge is -2.12. The number of hydrogen-bond acceptors (Lipinski definition) is 6. The van der Waals surface area contributed by atoms with Gasteiger partial charge in [0, 0.05) is 5.56 Å². The average Bonchev–Trinajstić information content (AvgIpc) is 3.16. The molecule has 0 spiro atoms. The van der Waals surface area contributed by atoms with Crippen molar-refractivity contribution in [3.63, 3.8) is 0 Å². The number of nitrogens with one attached hydrogen (secondary N) is 1. The molecule has 0 bridgehead atoms. The molecule has 1 atom stereocenters. The molecule has 1 unspecified atom stereocenters. The zero-order chi connectivity index (χ0) is 18.5. The van der Waals surface area contributed by atoms with E-state index in [9.17, 15) is 14.0 Å². The largest absolute Gasteiger partial charge is 0.467 e. The molecule has 0 aliphatic heterocycles. The minimum atomic E-state index is -1.32. The predicted molar refractivity (Wildman–Crippen MR) is 88.4 cm³/mol. The van der Waals surface area contributed by atoms with Crippen molar-refractivity contribution in [1.29, 1.82) is 0 Å². The van der Waals surface area contributed by atoms with Gasteiger partial charge in [0.25, 0.3) is 17.7 Å². The van der Waals surface area contributed by atoms with Crippen LogP contribution in [0.1, 0.15) is 22.3 Å². The lowest BCUT2D eigenvalue weighted by molar-refractivity contribution is -0.143. The number of amides is 1. The smallest absolute Gasteiger partial charge is 0.338 e. The molecule has 3 rings (SSSR count). The normalized spacial score (nSPS) is 11.6. The molecular weight excluding hydrogens is 341 g/mol. The van der Waals surface area contributed by atoms with Crippen LogP contribution >= 0.6 is 0 Å². The van der Waals surface area contributed by atoms with Crippen molar-refractivity contribution in [2.75, 3.05) is 7.11 Å². The van der Waals surface area contributed by atoms with Crippen molar-refractivity contribution < 1.29 is 23.1 Å². The fourth-order valence-corrected chi connectivity index (χ4v) is 2.24. The molecule has 3 aromatic rings. The minimum absolute atomic E-state index is 0.0873. The number of esters is 1. The van der Waals surface area contributed by atoms with Gasteiger partial charge in [-0.05, 0) is 24.3 Å². The Morgan fingerprint density at radius 3 is 2.46 bits per heavy atom. The molecule has 0 radical (unpaired) electrons. The number of ether oxygens (including phenoxy) is 1. The number of methoxy groups -OCH3 is 1. The number of carbonyl (C=O) groups excluding carboxylic acids is 2. The number of carbonyl (C=O) groups is 2. The van der Waals surface area contributed by atoms with Crippen molar-refractivity contribution in [2.24, 2.45) is 0 Å². The van der Waals surface area contributed by atoms with Crippen LogP contribution in [0.2, 0.25) is 0 Å². The highest BCUT2D eigenvalue weighted by molar-refractivity contribution is 5.96. The highest BCUT2D eigenvalue weighted by atomic mass is 19.1. The van der Waals surface area contributed by atoms with E-state index < -0.39 is 23.7 Å². The number of hydrogen-bond donors (Lipinski definition) is 1. The third kappa shape index (κ3) is 3.59. The molecule has 1 heterocycles. The van der Waals surface area contributed by atoms with E-state index in [1.165, 1.54) is 18.2 Å². The Morgan fingerprint density at radius 1 is 1.08 bits per heavy atom. The molecule has 132 valence electrons. The number of nitrogens with zero attached hydrogens (tertiary/aromatic N) is 2. The van der Waals surface area contributed by atoms with Crippen LogP contribution in [0.5, 0.6) is 0 Å². The van der Waals surface area contributed by atoms with E-state index in [4.69, 9.17) is 4.42 Å². The fourth-order valence-electron chi connectivity index (χ4n) is 2.24. The van der Waals surface area contributed by atoms with Crippen LogP contribution in [0.3, 0.4) is 0 Å². The van der Waals surface area contributed by atoms with Crippen LogP contribution < -0.4 is 5.32 Å². The molecule has 1 N–H and O–H groups in total. The van der Waals surface area contributed by atoms with Gasteiger partial charge in [-0.1, -0.05) is 30.3 Å². The Hall–Kier alpha value is -3.55. The Balaban J connectivity index is 1.88. The summed E-state index contributed by atoms with van der Waals surface area (Å²) in [5, 5.41) is 9.98. The lowest BCUT2D eigenvalue weighted by atomic mass is 10.2. The molecule has 1 amide bonds. The van der Waals surface area contributed by atoms with E-state index in [0.29, 0.717) is 5.56 Å². The fraction of sp³-hybridized carbons (Fsp3) is 0.111. The number of aromatic nitrogens is 2. The van der Waals surface area contributed by atoms with E-state index in [1.807, 2.05) is 0 Å². The van der Waals surface area contributed by atoms with Crippen molar-refractivity contribution in [3.8, 4) is 11.5 Å². The maximum absolute atomic E-state index is 13.9. The van der Waals surface area contributed by atoms with Gasteiger partial charge in [-0.3, -0.25) is 4.79 Å². The molecule has 1 aromatic heterocycles. The SMILES string of the molecule is COC(=O)C(NC(=O)c1ccccc1)c1nnc(-c2ccccc2F)o1. The standard InChI is InChI=1S/C18H14FN3O4/c1-25-18(24)14(20-15(23)11-7-3-2-4-8-11)17-22-21-16(26-17)12-9-5-6-10-13(12)19/h2-10,14H,1H3,(H,20,23). The Morgan fingerprint density at radius 2 is 1.77 bits per heavy atom. The minimum Gasteiger partial charge on any atom is -0.467 e. The highest BCUT2D eigenvalue weighted by Gasteiger charge is 2.30. The first-order valence-corrected chi connectivity index (χ1v) is 7.62. The van der Waals surface area contributed by atoms with Gasteiger partial charge in [-0.25, -0.2) is 9.18 Å². The summed E-state index contributed by atoms with van der Waals surface area (Å²) in [4.78, 5) is 24.4. The van der Waals surface area contributed by atoms with Gasteiger partial charge in [0.15, 0.2) is 0 Å². The molecule has 0 saturated carbocycles. The van der Waals surface area contributed by atoms with Gasteiger partial charge < -0.3 is 14.5 Å². The van der Waals surface area contributed by atoms with Crippen LogP contribution in [-0.2, 0) is 9.53 Å². The first kappa shape index (κ1) is 17.3. The summed E-state index contributed by atoms with van der Waals surface area (Å²) in [6.07, 6.45) is 0. The molecule has 0 fully saturated rings. The zero-order valence-corrected chi connectivity index (χ0v) is 13.7. The lowest BCUT2D eigenvalue weighted by Crippen LogP contribution is -2.34. The molecule has 2 aromatic carbocycles. The van der Waals surface area contributed by atoms with Crippen LogP contribution in [0.25, 0.3) is 11.5 Å².